The van der Waals surface area contributed by atoms with Crippen molar-refractivity contribution in [2.45, 2.75) is 51.9 Å². The summed E-state index contributed by atoms with van der Waals surface area (Å²) in [5.41, 5.74) is 2.67. The van der Waals surface area contributed by atoms with Crippen LogP contribution in [0.5, 0.6) is 0 Å². The molecule has 0 spiro atoms. The van der Waals surface area contributed by atoms with Crippen LogP contribution >= 0.6 is 0 Å². The Morgan fingerprint density at radius 2 is 1.83 bits per heavy atom. The highest BCUT2D eigenvalue weighted by Crippen LogP contribution is 2.31. The number of carbonyl (C=O) groups excluding carboxylic acids is 1. The molecule has 2 aliphatic rings. The first-order chi connectivity index (χ1) is 14.4. The van der Waals surface area contributed by atoms with E-state index in [2.05, 4.69) is 24.2 Å². The zero-order valence-corrected chi connectivity index (χ0v) is 18.8. The van der Waals surface area contributed by atoms with Crippen molar-refractivity contribution in [3.8, 4) is 0 Å². The van der Waals surface area contributed by atoms with E-state index in [1.807, 2.05) is 18.0 Å². The molecule has 1 amide bonds. The van der Waals surface area contributed by atoms with Crippen LogP contribution in [0.3, 0.4) is 0 Å². The number of pyridine rings is 1. The second kappa shape index (κ2) is 8.67. The first-order valence-corrected chi connectivity index (χ1v) is 12.7. The molecule has 30 heavy (non-hydrogen) atoms. The van der Waals surface area contributed by atoms with E-state index >= 15 is 0 Å². The number of rotatable bonds is 5. The fraction of sp³-hybridized carbons (Fsp3) is 0.636. The lowest BCUT2D eigenvalue weighted by molar-refractivity contribution is 0.0699. The van der Waals surface area contributed by atoms with Crippen LogP contribution in [0.2, 0.25) is 0 Å². The number of aromatic nitrogens is 2. The minimum absolute atomic E-state index is 0.0644. The molecule has 0 unspecified atom stereocenters. The van der Waals surface area contributed by atoms with E-state index < -0.39 is 10.0 Å². The Bertz CT molecular complexity index is 1000. The van der Waals surface area contributed by atoms with Crippen molar-refractivity contribution in [3.63, 3.8) is 0 Å². The Morgan fingerprint density at radius 1 is 1.13 bits per heavy atom. The molecule has 164 valence electrons. The van der Waals surface area contributed by atoms with Crippen molar-refractivity contribution in [1.29, 1.82) is 0 Å². The zero-order valence-electron chi connectivity index (χ0n) is 18.0. The quantitative estimate of drug-likeness (QED) is 0.728. The fourth-order valence-corrected chi connectivity index (χ4v) is 6.19. The van der Waals surface area contributed by atoms with Crippen LogP contribution in [0.1, 0.15) is 67.8 Å². The minimum Gasteiger partial charge on any atom is -0.339 e. The summed E-state index contributed by atoms with van der Waals surface area (Å²) in [6.07, 6.45) is 7.96. The second-order valence-electron chi connectivity index (χ2n) is 8.81. The summed E-state index contributed by atoms with van der Waals surface area (Å²) in [6.45, 7) is 6.88. The second-order valence-corrected chi connectivity index (χ2v) is 10.9. The van der Waals surface area contributed by atoms with E-state index in [1.54, 1.807) is 15.0 Å². The molecule has 0 radical (unpaired) electrons. The minimum atomic E-state index is -3.13. The Labute approximate surface area is 179 Å². The Kier molecular flexibility index (Phi) is 6.16. The van der Waals surface area contributed by atoms with Gasteiger partial charge in [-0.05, 0) is 61.6 Å². The first-order valence-electron chi connectivity index (χ1n) is 11.1. The molecule has 2 aromatic heterocycles. The highest BCUT2D eigenvalue weighted by Gasteiger charge is 2.29. The number of hydrogen-bond donors (Lipinski definition) is 0. The molecule has 0 aromatic carbocycles. The molecular weight excluding hydrogens is 400 g/mol. The Morgan fingerprint density at radius 3 is 2.50 bits per heavy atom. The largest absolute Gasteiger partial charge is 0.339 e. The number of hydrogen-bond acceptors (Lipinski definition) is 4. The molecule has 0 aliphatic carbocycles. The van der Waals surface area contributed by atoms with Gasteiger partial charge in [0.05, 0.1) is 23.0 Å². The fourth-order valence-electron chi connectivity index (χ4n) is 4.65. The lowest BCUT2D eigenvalue weighted by atomic mass is 9.90. The van der Waals surface area contributed by atoms with Gasteiger partial charge in [-0.25, -0.2) is 17.2 Å². The molecule has 0 bridgehead atoms. The summed E-state index contributed by atoms with van der Waals surface area (Å²) in [6, 6.07) is 4.13. The number of nitrogens with zero attached hydrogens (tertiary/aromatic N) is 4. The van der Waals surface area contributed by atoms with Crippen LogP contribution in [0, 0.1) is 5.92 Å². The summed E-state index contributed by atoms with van der Waals surface area (Å²) in [7, 11) is -3.13. The van der Waals surface area contributed by atoms with Gasteiger partial charge in [0.2, 0.25) is 10.0 Å². The highest BCUT2D eigenvalue weighted by molar-refractivity contribution is 7.89. The average Bonchev–Trinajstić information content (AvgIpc) is 3.17. The molecular formula is C22H32N4O3S. The van der Waals surface area contributed by atoms with Gasteiger partial charge >= 0.3 is 0 Å². The van der Waals surface area contributed by atoms with Crippen molar-refractivity contribution in [2.75, 3.05) is 31.9 Å². The third kappa shape index (κ3) is 4.25. The highest BCUT2D eigenvalue weighted by atomic mass is 32.2. The number of piperidine rings is 2. The van der Waals surface area contributed by atoms with E-state index in [4.69, 9.17) is 0 Å². The maximum absolute atomic E-state index is 13.1. The molecule has 7 nitrogen and oxygen atoms in total. The van der Waals surface area contributed by atoms with E-state index in [1.165, 1.54) is 0 Å². The summed E-state index contributed by atoms with van der Waals surface area (Å²) >= 11 is 0. The van der Waals surface area contributed by atoms with Gasteiger partial charge in [-0.15, -0.1) is 0 Å². The van der Waals surface area contributed by atoms with Gasteiger partial charge < -0.3 is 4.90 Å². The van der Waals surface area contributed by atoms with Gasteiger partial charge in [0.15, 0.2) is 0 Å². The summed E-state index contributed by atoms with van der Waals surface area (Å²) in [5, 5.41) is 4.38. The molecule has 2 aliphatic heterocycles. The molecule has 0 atom stereocenters. The maximum atomic E-state index is 13.1. The molecule has 0 saturated carbocycles. The standard InChI is InChI=1S/C22H32N4O3S/c1-3-14-30(28,29)25-11-6-18(7-12-25)19-8-13-26-21(15-19)20(16-23-26)22(27)24-9-4-17(2)5-10-24/h8,13,15-18H,3-7,9-12,14H2,1-2H3. The zero-order chi connectivity index (χ0) is 21.3. The van der Waals surface area contributed by atoms with Gasteiger partial charge in [-0.2, -0.15) is 5.10 Å². The number of carbonyl (C=O) groups is 1. The van der Waals surface area contributed by atoms with Crippen LogP contribution in [-0.2, 0) is 10.0 Å². The predicted octanol–water partition coefficient (Wildman–Crippen LogP) is 3.13. The summed E-state index contributed by atoms with van der Waals surface area (Å²) in [5.74, 6) is 1.27. The van der Waals surface area contributed by atoms with Crippen LogP contribution in [0.4, 0.5) is 0 Å². The van der Waals surface area contributed by atoms with E-state index in [9.17, 15) is 13.2 Å². The van der Waals surface area contributed by atoms with Crippen molar-refractivity contribution in [3.05, 3.63) is 35.7 Å². The summed E-state index contributed by atoms with van der Waals surface area (Å²) in [4.78, 5) is 15.0. The first kappa shape index (κ1) is 21.3. The number of fused-ring (bicyclic) bond motifs is 1. The van der Waals surface area contributed by atoms with E-state index in [0.717, 1.165) is 49.9 Å². The van der Waals surface area contributed by atoms with Crippen LogP contribution in [0.25, 0.3) is 5.52 Å². The van der Waals surface area contributed by atoms with Gasteiger partial charge in [0.25, 0.3) is 5.91 Å². The van der Waals surface area contributed by atoms with Crippen LogP contribution in [-0.4, -0.2) is 65.1 Å². The smallest absolute Gasteiger partial charge is 0.257 e. The molecule has 8 heteroatoms. The molecule has 0 N–H and O–H groups in total. The van der Waals surface area contributed by atoms with E-state index in [-0.39, 0.29) is 11.7 Å². The van der Waals surface area contributed by atoms with Gasteiger partial charge in [-0.1, -0.05) is 13.8 Å². The average molecular weight is 433 g/mol. The van der Waals surface area contributed by atoms with Gasteiger partial charge in [-0.3, -0.25) is 4.79 Å². The van der Waals surface area contributed by atoms with Gasteiger partial charge in [0.1, 0.15) is 0 Å². The lowest BCUT2D eigenvalue weighted by Gasteiger charge is -2.31. The molecule has 2 aromatic rings. The van der Waals surface area contributed by atoms with Crippen molar-refractivity contribution < 1.29 is 13.2 Å². The molecule has 4 rings (SSSR count). The SMILES string of the molecule is CCCS(=O)(=O)N1CCC(c2ccn3ncc(C(=O)N4CCC(C)CC4)c3c2)CC1. The predicted molar refractivity (Wildman–Crippen MR) is 117 cm³/mol. The number of amides is 1. The molecule has 2 saturated heterocycles. The van der Waals surface area contributed by atoms with Crippen LogP contribution in [0.15, 0.2) is 24.5 Å². The monoisotopic (exact) mass is 432 g/mol. The normalized spacial score (nSPS) is 20.1. The van der Waals surface area contributed by atoms with Crippen molar-refractivity contribution in [2.24, 2.45) is 5.92 Å². The van der Waals surface area contributed by atoms with Gasteiger partial charge in [0, 0.05) is 32.4 Å². The van der Waals surface area contributed by atoms with E-state index in [0.29, 0.717) is 36.9 Å². The Hall–Kier alpha value is -1.93. The molecule has 4 heterocycles. The summed E-state index contributed by atoms with van der Waals surface area (Å²) < 4.78 is 28.1. The Balaban J connectivity index is 1.50. The van der Waals surface area contributed by atoms with Crippen molar-refractivity contribution >= 4 is 21.4 Å². The van der Waals surface area contributed by atoms with Crippen LogP contribution < -0.4 is 0 Å². The topological polar surface area (TPSA) is 75.0 Å². The third-order valence-corrected chi connectivity index (χ3v) is 8.70. The lowest BCUT2D eigenvalue weighted by Crippen LogP contribution is -2.39. The number of sulfonamides is 1. The number of likely N-dealkylation sites (tertiary alicyclic amines) is 1. The van der Waals surface area contributed by atoms with Crippen molar-refractivity contribution in [1.82, 2.24) is 18.8 Å². The third-order valence-electron chi connectivity index (χ3n) is 6.63. The molecule has 2 fully saturated rings. The maximum Gasteiger partial charge on any atom is 0.257 e.